The second-order valence-electron chi connectivity index (χ2n) is 8.11. The fourth-order valence-corrected chi connectivity index (χ4v) is 7.54. The standard InChI is InChI=1S/C29H26NO2P/c1-32-25-15-11-14-24(22-25)29-28(21-20-23-12-5-2-6-13-23)30(29)33(31,26-16-7-3-8-17-26)27-18-9-4-10-19-27/h2-22,28-29H,1H3/b21-20+/t28-,29-,30?/m1/s1. The lowest BCUT2D eigenvalue weighted by Gasteiger charge is -2.22. The van der Waals surface area contributed by atoms with Crippen LogP contribution in [0.25, 0.3) is 6.08 Å². The van der Waals surface area contributed by atoms with Crippen LogP contribution in [0.2, 0.25) is 0 Å². The van der Waals surface area contributed by atoms with Gasteiger partial charge in [0.1, 0.15) is 5.75 Å². The van der Waals surface area contributed by atoms with Crippen molar-refractivity contribution < 1.29 is 9.30 Å². The molecule has 0 saturated carbocycles. The minimum atomic E-state index is -3.07. The van der Waals surface area contributed by atoms with Crippen LogP contribution in [0.3, 0.4) is 0 Å². The summed E-state index contributed by atoms with van der Waals surface area (Å²) in [4.78, 5) is 0. The van der Waals surface area contributed by atoms with Crippen molar-refractivity contribution in [2.24, 2.45) is 0 Å². The van der Waals surface area contributed by atoms with Crippen LogP contribution in [0, 0.1) is 0 Å². The topological polar surface area (TPSA) is 29.3 Å². The Bertz CT molecular complexity index is 1250. The summed E-state index contributed by atoms with van der Waals surface area (Å²) in [6.45, 7) is 0. The van der Waals surface area contributed by atoms with E-state index in [0.29, 0.717) is 0 Å². The van der Waals surface area contributed by atoms with Crippen LogP contribution in [-0.2, 0) is 4.57 Å². The van der Waals surface area contributed by atoms with Gasteiger partial charge in [-0.15, -0.1) is 0 Å². The number of hydrogen-bond acceptors (Lipinski definition) is 2. The van der Waals surface area contributed by atoms with Crippen molar-refractivity contribution in [3.05, 3.63) is 132 Å². The van der Waals surface area contributed by atoms with E-state index in [-0.39, 0.29) is 12.1 Å². The maximum Gasteiger partial charge on any atom is 0.208 e. The van der Waals surface area contributed by atoms with E-state index in [0.717, 1.165) is 27.5 Å². The number of methoxy groups -OCH3 is 1. The van der Waals surface area contributed by atoms with Crippen LogP contribution in [0.15, 0.2) is 121 Å². The van der Waals surface area contributed by atoms with Crippen molar-refractivity contribution in [3.8, 4) is 5.75 Å². The average molecular weight is 452 g/mol. The Morgan fingerprint density at radius 1 is 0.758 bits per heavy atom. The Morgan fingerprint density at radius 2 is 1.33 bits per heavy atom. The average Bonchev–Trinajstić information content (AvgIpc) is 3.63. The molecule has 1 aliphatic heterocycles. The first kappa shape index (κ1) is 21.5. The normalized spacial score (nSPS) is 20.0. The van der Waals surface area contributed by atoms with Crippen LogP contribution >= 0.6 is 7.29 Å². The summed E-state index contributed by atoms with van der Waals surface area (Å²) in [5.41, 5.74) is 2.23. The molecule has 164 valence electrons. The Morgan fingerprint density at radius 3 is 1.91 bits per heavy atom. The van der Waals surface area contributed by atoms with Gasteiger partial charge in [-0.1, -0.05) is 91.0 Å². The van der Waals surface area contributed by atoms with Gasteiger partial charge in [0.15, 0.2) is 0 Å². The lowest BCUT2D eigenvalue weighted by molar-refractivity contribution is 0.414. The van der Waals surface area contributed by atoms with Crippen molar-refractivity contribution in [2.75, 3.05) is 7.11 Å². The van der Waals surface area contributed by atoms with Gasteiger partial charge in [0.2, 0.25) is 7.29 Å². The van der Waals surface area contributed by atoms with Gasteiger partial charge in [-0.2, -0.15) is 0 Å². The molecule has 1 saturated heterocycles. The van der Waals surface area contributed by atoms with Gasteiger partial charge in [0.25, 0.3) is 0 Å². The van der Waals surface area contributed by atoms with Crippen LogP contribution in [0.1, 0.15) is 17.2 Å². The largest absolute Gasteiger partial charge is 0.497 e. The molecule has 0 aliphatic carbocycles. The predicted octanol–water partition coefficient (Wildman–Crippen LogP) is 6.06. The van der Waals surface area contributed by atoms with Crippen molar-refractivity contribution in [2.45, 2.75) is 12.1 Å². The van der Waals surface area contributed by atoms with Crippen molar-refractivity contribution >= 4 is 24.0 Å². The third-order valence-corrected chi connectivity index (χ3v) is 9.24. The molecule has 5 rings (SSSR count). The first-order valence-electron chi connectivity index (χ1n) is 11.1. The van der Waals surface area contributed by atoms with Gasteiger partial charge in [0.05, 0.1) is 19.2 Å². The maximum atomic E-state index is 15.0. The molecular weight excluding hydrogens is 425 g/mol. The van der Waals surface area contributed by atoms with Gasteiger partial charge in [-0.05, 0) is 47.5 Å². The lowest BCUT2D eigenvalue weighted by Crippen LogP contribution is -2.22. The number of ether oxygens (including phenoxy) is 1. The van der Waals surface area contributed by atoms with E-state index in [4.69, 9.17) is 4.74 Å². The minimum absolute atomic E-state index is 0.00329. The van der Waals surface area contributed by atoms with E-state index in [9.17, 15) is 4.57 Å². The van der Waals surface area contributed by atoms with Crippen LogP contribution in [0.5, 0.6) is 5.75 Å². The number of hydrogen-bond donors (Lipinski definition) is 0. The first-order chi connectivity index (χ1) is 16.2. The highest BCUT2D eigenvalue weighted by Crippen LogP contribution is 2.64. The number of benzene rings is 4. The fraction of sp³-hybridized carbons (Fsp3) is 0.103. The first-order valence-corrected chi connectivity index (χ1v) is 12.7. The molecule has 1 aliphatic rings. The zero-order valence-electron chi connectivity index (χ0n) is 18.5. The zero-order chi connectivity index (χ0) is 22.7. The second kappa shape index (κ2) is 9.23. The van der Waals surface area contributed by atoms with E-state index in [1.807, 2.05) is 97.1 Å². The molecule has 0 spiro atoms. The molecule has 0 radical (unpaired) electrons. The monoisotopic (exact) mass is 451 g/mol. The fourth-order valence-electron chi connectivity index (χ4n) is 4.42. The molecule has 0 N–H and O–H groups in total. The third-order valence-electron chi connectivity index (χ3n) is 6.08. The zero-order valence-corrected chi connectivity index (χ0v) is 19.4. The van der Waals surface area contributed by atoms with Crippen molar-refractivity contribution in [1.29, 1.82) is 0 Å². The van der Waals surface area contributed by atoms with Gasteiger partial charge in [0, 0.05) is 10.6 Å². The highest BCUT2D eigenvalue weighted by Gasteiger charge is 2.57. The van der Waals surface area contributed by atoms with E-state index in [2.05, 4.69) is 35.0 Å². The molecule has 3 atom stereocenters. The molecular formula is C29H26NO2P. The summed E-state index contributed by atoms with van der Waals surface area (Å²) in [6, 6.07) is 38.0. The van der Waals surface area contributed by atoms with Crippen molar-refractivity contribution in [3.63, 3.8) is 0 Å². The van der Waals surface area contributed by atoms with E-state index in [1.54, 1.807) is 7.11 Å². The summed E-state index contributed by atoms with van der Waals surface area (Å²) >= 11 is 0. The summed E-state index contributed by atoms with van der Waals surface area (Å²) in [6.07, 6.45) is 4.30. The predicted molar refractivity (Wildman–Crippen MR) is 137 cm³/mol. The molecule has 0 bridgehead atoms. The Labute approximate surface area is 195 Å². The van der Waals surface area contributed by atoms with Crippen LogP contribution in [-0.4, -0.2) is 17.8 Å². The van der Waals surface area contributed by atoms with E-state index in [1.165, 1.54) is 0 Å². The third kappa shape index (κ3) is 4.18. The molecule has 4 aromatic carbocycles. The summed E-state index contributed by atoms with van der Waals surface area (Å²) in [5.74, 6) is 0.805. The molecule has 0 amide bonds. The molecule has 1 heterocycles. The van der Waals surface area contributed by atoms with Crippen LogP contribution < -0.4 is 15.3 Å². The molecule has 1 fully saturated rings. The van der Waals surface area contributed by atoms with Crippen LogP contribution in [0.4, 0.5) is 0 Å². The van der Waals surface area contributed by atoms with Gasteiger partial charge in [-0.25, -0.2) is 4.67 Å². The highest BCUT2D eigenvalue weighted by atomic mass is 31.2. The number of nitrogens with zero attached hydrogens (tertiary/aromatic N) is 1. The van der Waals surface area contributed by atoms with Gasteiger partial charge < -0.3 is 4.74 Å². The summed E-state index contributed by atoms with van der Waals surface area (Å²) in [7, 11) is -1.39. The molecule has 3 nitrogen and oxygen atoms in total. The summed E-state index contributed by atoms with van der Waals surface area (Å²) in [5, 5.41) is 1.69. The molecule has 0 aromatic heterocycles. The second-order valence-corrected chi connectivity index (χ2v) is 10.8. The Hall–Kier alpha value is -3.39. The van der Waals surface area contributed by atoms with E-state index < -0.39 is 7.29 Å². The SMILES string of the molecule is COc1cccc([C@@H]2[C@@H](/C=C/c3ccccc3)N2P(=O)(c2ccccc2)c2ccccc2)c1. The van der Waals surface area contributed by atoms with Crippen molar-refractivity contribution in [1.82, 2.24) is 4.67 Å². The lowest BCUT2D eigenvalue weighted by atomic mass is 10.1. The molecule has 4 heteroatoms. The Kier molecular flexibility index (Phi) is 6.00. The molecule has 33 heavy (non-hydrogen) atoms. The van der Waals surface area contributed by atoms with Gasteiger partial charge >= 0.3 is 0 Å². The molecule has 1 unspecified atom stereocenters. The van der Waals surface area contributed by atoms with Gasteiger partial charge in [-0.3, -0.25) is 4.57 Å². The quantitative estimate of drug-likeness (QED) is 0.253. The smallest absolute Gasteiger partial charge is 0.208 e. The van der Waals surface area contributed by atoms with E-state index >= 15 is 0 Å². The maximum absolute atomic E-state index is 15.0. The summed E-state index contributed by atoms with van der Waals surface area (Å²) < 4.78 is 22.7. The number of rotatable bonds is 7. The Balaban J connectivity index is 1.62. The molecule has 4 aromatic rings. The highest BCUT2D eigenvalue weighted by molar-refractivity contribution is 7.76. The minimum Gasteiger partial charge on any atom is -0.497 e.